The summed E-state index contributed by atoms with van der Waals surface area (Å²) in [5.74, 6) is 0.0235. The maximum atomic E-state index is 12.7. The predicted molar refractivity (Wildman–Crippen MR) is 91.3 cm³/mol. The van der Waals surface area contributed by atoms with Gasteiger partial charge in [-0.2, -0.15) is 4.31 Å². The lowest BCUT2D eigenvalue weighted by molar-refractivity contribution is -0.140. The number of hydrogen-bond acceptors (Lipinski definition) is 3. The maximum absolute atomic E-state index is 12.7. The van der Waals surface area contributed by atoms with E-state index in [4.69, 9.17) is 23.2 Å². The molecule has 1 heterocycles. The third kappa shape index (κ3) is 3.82. The summed E-state index contributed by atoms with van der Waals surface area (Å²) in [5.41, 5.74) is -0.475. The highest BCUT2D eigenvalue weighted by Gasteiger charge is 2.34. The van der Waals surface area contributed by atoms with E-state index < -0.39 is 15.4 Å². The number of hydrogen-bond donors (Lipinski definition) is 0. The Morgan fingerprint density at radius 2 is 1.65 bits per heavy atom. The van der Waals surface area contributed by atoms with Crippen molar-refractivity contribution in [3.63, 3.8) is 0 Å². The van der Waals surface area contributed by atoms with Gasteiger partial charge >= 0.3 is 0 Å². The normalized spacial score (nSPS) is 17.3. The molecule has 23 heavy (non-hydrogen) atoms. The van der Waals surface area contributed by atoms with Crippen LogP contribution >= 0.6 is 23.2 Å². The second-order valence-corrected chi connectivity index (χ2v) is 9.19. The van der Waals surface area contributed by atoms with Gasteiger partial charge in [0.25, 0.3) is 0 Å². The van der Waals surface area contributed by atoms with Gasteiger partial charge in [-0.25, -0.2) is 8.42 Å². The van der Waals surface area contributed by atoms with Crippen molar-refractivity contribution in [2.24, 2.45) is 5.41 Å². The first-order chi connectivity index (χ1) is 10.5. The average molecular weight is 379 g/mol. The van der Waals surface area contributed by atoms with Gasteiger partial charge in [0.2, 0.25) is 15.9 Å². The second kappa shape index (κ2) is 6.59. The van der Waals surface area contributed by atoms with Crippen LogP contribution in [0.3, 0.4) is 0 Å². The van der Waals surface area contributed by atoms with Crippen LogP contribution in [0.5, 0.6) is 0 Å². The minimum atomic E-state index is -3.72. The molecule has 1 saturated heterocycles. The summed E-state index contributed by atoms with van der Waals surface area (Å²) in [7, 11) is -3.72. The van der Waals surface area contributed by atoms with Crippen molar-refractivity contribution in [3.05, 3.63) is 28.2 Å². The van der Waals surface area contributed by atoms with Gasteiger partial charge in [0.05, 0.1) is 10.0 Å². The molecule has 0 bridgehead atoms. The standard InChI is InChI=1S/C15H20Cl2N2O3S/c1-15(2,3)14(20)18-7-9-19(10-8-18)23(21,22)12-6-4-5-11(16)13(12)17/h4-6H,7-10H2,1-3H3. The molecule has 0 aromatic heterocycles. The van der Waals surface area contributed by atoms with Crippen molar-refractivity contribution in [1.29, 1.82) is 0 Å². The summed E-state index contributed by atoms with van der Waals surface area (Å²) in [5, 5.41) is 0.233. The Bertz CT molecular complexity index is 706. The number of halogens is 2. The number of sulfonamides is 1. The van der Waals surface area contributed by atoms with E-state index in [1.807, 2.05) is 20.8 Å². The molecule has 0 spiro atoms. The summed E-state index contributed by atoms with van der Waals surface area (Å²) >= 11 is 11.9. The lowest BCUT2D eigenvalue weighted by Gasteiger charge is -2.37. The Morgan fingerprint density at radius 1 is 1.09 bits per heavy atom. The van der Waals surface area contributed by atoms with E-state index in [-0.39, 0.29) is 33.9 Å². The van der Waals surface area contributed by atoms with Crippen LogP contribution in [0.2, 0.25) is 10.0 Å². The fourth-order valence-electron chi connectivity index (χ4n) is 2.43. The zero-order valence-corrected chi connectivity index (χ0v) is 15.7. The molecule has 0 unspecified atom stereocenters. The Labute approximate surface area is 147 Å². The van der Waals surface area contributed by atoms with Crippen molar-refractivity contribution in [2.75, 3.05) is 26.2 Å². The van der Waals surface area contributed by atoms with Crippen LogP contribution in [-0.2, 0) is 14.8 Å². The molecule has 1 amide bonds. The van der Waals surface area contributed by atoms with Crippen LogP contribution in [0.15, 0.2) is 23.1 Å². The number of rotatable bonds is 2. The number of benzene rings is 1. The van der Waals surface area contributed by atoms with E-state index in [1.165, 1.54) is 10.4 Å². The topological polar surface area (TPSA) is 57.7 Å². The molecule has 5 nitrogen and oxygen atoms in total. The second-order valence-electron chi connectivity index (χ2n) is 6.50. The molecule has 0 aliphatic carbocycles. The lowest BCUT2D eigenvalue weighted by atomic mass is 9.94. The Morgan fingerprint density at radius 3 is 2.17 bits per heavy atom. The highest BCUT2D eigenvalue weighted by atomic mass is 35.5. The van der Waals surface area contributed by atoms with E-state index in [0.29, 0.717) is 13.1 Å². The fraction of sp³-hybridized carbons (Fsp3) is 0.533. The summed E-state index contributed by atoms with van der Waals surface area (Å²) < 4.78 is 26.8. The zero-order chi connectivity index (χ0) is 17.4. The molecule has 1 aromatic rings. The lowest BCUT2D eigenvalue weighted by Crippen LogP contribution is -2.52. The largest absolute Gasteiger partial charge is 0.340 e. The third-order valence-electron chi connectivity index (χ3n) is 3.70. The fourth-order valence-corrected chi connectivity index (χ4v) is 4.59. The monoisotopic (exact) mass is 378 g/mol. The molecule has 1 aliphatic rings. The molecule has 0 saturated carbocycles. The smallest absolute Gasteiger partial charge is 0.244 e. The number of carbonyl (C=O) groups excluding carboxylic acids is 1. The molecule has 128 valence electrons. The Hall–Kier alpha value is -0.820. The summed E-state index contributed by atoms with van der Waals surface area (Å²) in [6.45, 7) is 6.78. The summed E-state index contributed by atoms with van der Waals surface area (Å²) in [4.78, 5) is 14.0. The summed E-state index contributed by atoms with van der Waals surface area (Å²) in [6, 6.07) is 4.54. The molecule has 0 N–H and O–H groups in total. The predicted octanol–water partition coefficient (Wildman–Crippen LogP) is 2.87. The van der Waals surface area contributed by atoms with Gasteiger partial charge in [0.15, 0.2) is 0 Å². The van der Waals surface area contributed by atoms with Crippen LogP contribution < -0.4 is 0 Å². The quantitative estimate of drug-likeness (QED) is 0.794. The molecular formula is C15H20Cl2N2O3S. The van der Waals surface area contributed by atoms with Crippen LogP contribution in [0.4, 0.5) is 0 Å². The van der Waals surface area contributed by atoms with Crippen LogP contribution in [0, 0.1) is 5.41 Å². The van der Waals surface area contributed by atoms with Gasteiger partial charge in [-0.05, 0) is 12.1 Å². The van der Waals surface area contributed by atoms with E-state index in [1.54, 1.807) is 17.0 Å². The first-order valence-electron chi connectivity index (χ1n) is 7.28. The van der Waals surface area contributed by atoms with Gasteiger partial charge in [-0.3, -0.25) is 4.79 Å². The van der Waals surface area contributed by atoms with Crippen molar-refractivity contribution in [3.8, 4) is 0 Å². The summed E-state index contributed by atoms with van der Waals surface area (Å²) in [6.07, 6.45) is 0. The first-order valence-corrected chi connectivity index (χ1v) is 9.48. The number of amides is 1. The molecular weight excluding hydrogens is 359 g/mol. The van der Waals surface area contributed by atoms with Crippen molar-refractivity contribution < 1.29 is 13.2 Å². The van der Waals surface area contributed by atoms with Gasteiger partial charge < -0.3 is 4.90 Å². The zero-order valence-electron chi connectivity index (χ0n) is 13.3. The van der Waals surface area contributed by atoms with Crippen molar-refractivity contribution >= 4 is 39.1 Å². The number of piperazine rings is 1. The third-order valence-corrected chi connectivity index (χ3v) is 6.57. The van der Waals surface area contributed by atoms with E-state index in [2.05, 4.69) is 0 Å². The SMILES string of the molecule is CC(C)(C)C(=O)N1CCN(S(=O)(=O)c2cccc(Cl)c2Cl)CC1. The average Bonchev–Trinajstić information content (AvgIpc) is 2.48. The minimum Gasteiger partial charge on any atom is -0.340 e. The molecule has 1 fully saturated rings. The number of carbonyl (C=O) groups is 1. The minimum absolute atomic E-state index is 0.00210. The van der Waals surface area contributed by atoms with E-state index >= 15 is 0 Å². The van der Waals surface area contributed by atoms with Gasteiger partial charge in [-0.1, -0.05) is 50.0 Å². The highest BCUT2D eigenvalue weighted by Crippen LogP contribution is 2.31. The maximum Gasteiger partial charge on any atom is 0.244 e. The van der Waals surface area contributed by atoms with E-state index in [0.717, 1.165) is 0 Å². The Kier molecular flexibility index (Phi) is 5.31. The van der Waals surface area contributed by atoms with Crippen LogP contribution in [-0.4, -0.2) is 49.7 Å². The molecule has 0 atom stereocenters. The Balaban J connectivity index is 2.16. The van der Waals surface area contributed by atoms with Crippen molar-refractivity contribution in [1.82, 2.24) is 9.21 Å². The number of nitrogens with zero attached hydrogens (tertiary/aromatic N) is 2. The first kappa shape index (κ1) is 18.5. The van der Waals surface area contributed by atoms with Crippen LogP contribution in [0.25, 0.3) is 0 Å². The van der Waals surface area contributed by atoms with Gasteiger partial charge in [-0.15, -0.1) is 0 Å². The molecule has 1 aromatic carbocycles. The van der Waals surface area contributed by atoms with E-state index in [9.17, 15) is 13.2 Å². The molecule has 2 rings (SSSR count). The molecule has 1 aliphatic heterocycles. The molecule has 0 radical (unpaired) electrons. The molecule has 8 heteroatoms. The van der Waals surface area contributed by atoms with Gasteiger partial charge in [0, 0.05) is 31.6 Å². The highest BCUT2D eigenvalue weighted by molar-refractivity contribution is 7.89. The van der Waals surface area contributed by atoms with Crippen molar-refractivity contribution in [2.45, 2.75) is 25.7 Å². The van der Waals surface area contributed by atoms with Gasteiger partial charge in [0.1, 0.15) is 4.90 Å². The van der Waals surface area contributed by atoms with Crippen LogP contribution in [0.1, 0.15) is 20.8 Å².